The van der Waals surface area contributed by atoms with E-state index in [0.717, 1.165) is 0 Å². The first-order chi connectivity index (χ1) is 3.27. The third-order valence-electron chi connectivity index (χ3n) is 0.464. The first-order valence-corrected chi connectivity index (χ1v) is 3.52. The zero-order valence-electron chi connectivity index (χ0n) is 5.01. The van der Waals surface area contributed by atoms with E-state index in [4.69, 9.17) is 0 Å². The maximum atomic E-state index is 3.96. The van der Waals surface area contributed by atoms with Gasteiger partial charge in [-0.1, -0.05) is 13.8 Å². The molecule has 0 fully saturated rings. The third kappa shape index (κ3) is 6.02. The van der Waals surface area contributed by atoms with Gasteiger partial charge in [0.25, 0.3) is 0 Å². The van der Waals surface area contributed by atoms with Crippen LogP contribution in [0.5, 0.6) is 0 Å². The van der Waals surface area contributed by atoms with E-state index in [1.165, 1.54) is 11.9 Å². The Hall–Kier alpha value is 0.0200. The summed E-state index contributed by atoms with van der Waals surface area (Å²) in [7, 11) is 0. The molecule has 0 aliphatic carbocycles. The second-order valence-electron chi connectivity index (χ2n) is 1.68. The number of nitrogens with zero attached hydrogens (tertiary/aromatic N) is 1. The Morgan fingerprint density at radius 1 is 1.57 bits per heavy atom. The maximum Gasteiger partial charge on any atom is 0.0151 e. The molecule has 2 heteroatoms. The molecule has 7 heavy (non-hydrogen) atoms. The molecule has 42 valence electrons. The molecule has 0 aromatic carbocycles. The molecule has 0 saturated carbocycles. The highest BCUT2D eigenvalue weighted by atomic mass is 32.2. The van der Waals surface area contributed by atoms with Gasteiger partial charge in [-0.3, -0.25) is 0 Å². The first-order valence-electron chi connectivity index (χ1n) is 2.34. The zero-order valence-corrected chi connectivity index (χ0v) is 5.83. The van der Waals surface area contributed by atoms with Crippen LogP contribution < -0.4 is 0 Å². The van der Waals surface area contributed by atoms with Crippen molar-refractivity contribution >= 4 is 18.2 Å². The van der Waals surface area contributed by atoms with Crippen molar-refractivity contribution in [3.8, 4) is 0 Å². The van der Waals surface area contributed by atoms with Crippen molar-refractivity contribution < 1.29 is 0 Å². The van der Waals surface area contributed by atoms with E-state index in [9.17, 15) is 0 Å². The van der Waals surface area contributed by atoms with Crippen molar-refractivity contribution in [3.63, 3.8) is 0 Å². The van der Waals surface area contributed by atoms with Crippen LogP contribution in [0.3, 0.4) is 0 Å². The lowest BCUT2D eigenvalue weighted by molar-refractivity contribution is 0.910. The largest absolute Gasteiger partial charge is 0.229 e. The lowest BCUT2D eigenvalue weighted by atomic mass is 10.3. The normalized spacial score (nSPS) is 11.4. The molecule has 0 radical (unpaired) electrons. The number of hydrogen-bond acceptors (Lipinski definition) is 2. The molecule has 0 aromatic rings. The van der Waals surface area contributed by atoms with Gasteiger partial charge in [0.05, 0.1) is 0 Å². The number of rotatable bonds is 2. The minimum atomic E-state index is 0.590. The van der Waals surface area contributed by atoms with E-state index in [1.54, 1.807) is 0 Å². The molecule has 0 heterocycles. The van der Waals surface area contributed by atoms with Crippen molar-refractivity contribution in [1.82, 2.24) is 0 Å². The van der Waals surface area contributed by atoms with Gasteiger partial charge in [0.1, 0.15) is 0 Å². The van der Waals surface area contributed by atoms with E-state index in [1.807, 2.05) is 12.5 Å². The predicted molar refractivity (Wildman–Crippen MR) is 36.8 cm³/mol. The molecule has 0 aromatic heterocycles. The van der Waals surface area contributed by atoms with Gasteiger partial charge in [0, 0.05) is 12.5 Å². The summed E-state index contributed by atoms with van der Waals surface area (Å²) >= 11 is 1.50. The van der Waals surface area contributed by atoms with E-state index < -0.39 is 0 Å². The van der Waals surface area contributed by atoms with Crippen LogP contribution >= 0.6 is 11.9 Å². The Balaban J connectivity index is 3.08. The summed E-state index contributed by atoms with van der Waals surface area (Å²) in [6, 6.07) is 0. The standard InChI is InChI=1S/C5H11NS/c1-5(2)4-6-7-3/h4-5H,1-3H3/b6-4-. The van der Waals surface area contributed by atoms with Crippen LogP contribution in [0.25, 0.3) is 0 Å². The average molecular weight is 117 g/mol. The summed E-state index contributed by atoms with van der Waals surface area (Å²) < 4.78 is 3.96. The molecule has 0 N–H and O–H groups in total. The topological polar surface area (TPSA) is 12.4 Å². The van der Waals surface area contributed by atoms with Crippen LogP contribution in [0, 0.1) is 5.92 Å². The lowest BCUT2D eigenvalue weighted by Gasteiger charge is -1.87. The van der Waals surface area contributed by atoms with E-state index >= 15 is 0 Å². The second kappa shape index (κ2) is 4.19. The molecule has 0 rings (SSSR count). The monoisotopic (exact) mass is 117 g/mol. The molecule has 0 bridgehead atoms. The Kier molecular flexibility index (Phi) is 4.20. The predicted octanol–water partition coefficient (Wildman–Crippen LogP) is 1.99. The van der Waals surface area contributed by atoms with Crippen LogP contribution in [0.15, 0.2) is 4.40 Å². The van der Waals surface area contributed by atoms with Gasteiger partial charge in [0.15, 0.2) is 0 Å². The highest BCUT2D eigenvalue weighted by molar-refractivity contribution is 7.97. The van der Waals surface area contributed by atoms with Crippen molar-refractivity contribution in [2.75, 3.05) is 6.26 Å². The van der Waals surface area contributed by atoms with Crippen molar-refractivity contribution in [2.24, 2.45) is 10.3 Å². The maximum absolute atomic E-state index is 3.96. The highest BCUT2D eigenvalue weighted by Gasteiger charge is 1.80. The summed E-state index contributed by atoms with van der Waals surface area (Å²) in [5.74, 6) is 0.590. The molecular weight excluding hydrogens is 106 g/mol. The van der Waals surface area contributed by atoms with E-state index in [-0.39, 0.29) is 0 Å². The van der Waals surface area contributed by atoms with Gasteiger partial charge in [-0.25, -0.2) is 4.40 Å². The Labute approximate surface area is 49.4 Å². The fourth-order valence-electron chi connectivity index (χ4n) is 0.183. The SMILES string of the molecule is CS/N=C\C(C)C. The van der Waals surface area contributed by atoms with Crippen molar-refractivity contribution in [2.45, 2.75) is 13.8 Å². The third-order valence-corrected chi connectivity index (χ3v) is 0.797. The molecule has 0 spiro atoms. The van der Waals surface area contributed by atoms with Crippen LogP contribution in [-0.4, -0.2) is 12.5 Å². The molecule has 0 saturated heterocycles. The van der Waals surface area contributed by atoms with Gasteiger partial charge in [-0.05, 0) is 17.9 Å². The molecule has 0 amide bonds. The van der Waals surface area contributed by atoms with E-state index in [0.29, 0.717) is 5.92 Å². The van der Waals surface area contributed by atoms with Gasteiger partial charge >= 0.3 is 0 Å². The van der Waals surface area contributed by atoms with Crippen LogP contribution in [0.4, 0.5) is 0 Å². The minimum Gasteiger partial charge on any atom is -0.229 e. The van der Waals surface area contributed by atoms with Crippen LogP contribution in [-0.2, 0) is 0 Å². The van der Waals surface area contributed by atoms with Crippen LogP contribution in [0.1, 0.15) is 13.8 Å². The summed E-state index contributed by atoms with van der Waals surface area (Å²) in [4.78, 5) is 0. The lowest BCUT2D eigenvalue weighted by Crippen LogP contribution is -1.83. The Morgan fingerprint density at radius 2 is 2.14 bits per heavy atom. The highest BCUT2D eigenvalue weighted by Crippen LogP contribution is 1.93. The van der Waals surface area contributed by atoms with E-state index in [2.05, 4.69) is 18.2 Å². The fraction of sp³-hybridized carbons (Fsp3) is 0.800. The van der Waals surface area contributed by atoms with Gasteiger partial charge < -0.3 is 0 Å². The van der Waals surface area contributed by atoms with Crippen molar-refractivity contribution in [3.05, 3.63) is 0 Å². The Morgan fingerprint density at radius 3 is 2.29 bits per heavy atom. The zero-order chi connectivity index (χ0) is 5.70. The molecular formula is C5H11NS. The smallest absolute Gasteiger partial charge is 0.0151 e. The average Bonchev–Trinajstić information content (AvgIpc) is 1.61. The fourth-order valence-corrected chi connectivity index (χ4v) is 0.548. The number of hydrogen-bond donors (Lipinski definition) is 0. The molecule has 0 unspecified atom stereocenters. The quantitative estimate of drug-likeness (QED) is 0.398. The minimum absolute atomic E-state index is 0.590. The molecule has 0 atom stereocenters. The summed E-state index contributed by atoms with van der Waals surface area (Å²) in [5, 5.41) is 0. The van der Waals surface area contributed by atoms with Crippen LogP contribution in [0.2, 0.25) is 0 Å². The first kappa shape index (κ1) is 7.02. The summed E-state index contributed by atoms with van der Waals surface area (Å²) in [5.41, 5.74) is 0. The van der Waals surface area contributed by atoms with Crippen molar-refractivity contribution in [1.29, 1.82) is 0 Å². The summed E-state index contributed by atoms with van der Waals surface area (Å²) in [6.07, 6.45) is 3.89. The second-order valence-corrected chi connectivity index (χ2v) is 2.26. The molecule has 1 nitrogen and oxygen atoms in total. The van der Waals surface area contributed by atoms with Gasteiger partial charge in [0.2, 0.25) is 0 Å². The van der Waals surface area contributed by atoms with Gasteiger partial charge in [-0.2, -0.15) is 0 Å². The Bertz CT molecular complexity index is 59.1. The molecule has 0 aliphatic rings. The molecule has 0 aliphatic heterocycles. The summed E-state index contributed by atoms with van der Waals surface area (Å²) in [6.45, 7) is 4.22. The van der Waals surface area contributed by atoms with Gasteiger partial charge in [-0.15, -0.1) is 0 Å².